The van der Waals surface area contributed by atoms with Gasteiger partial charge in [0.25, 0.3) is 0 Å². The average Bonchev–Trinajstić information content (AvgIpc) is 3.66. The molecule has 0 fully saturated rings. The van der Waals surface area contributed by atoms with Gasteiger partial charge in [0.2, 0.25) is 0 Å². The van der Waals surface area contributed by atoms with E-state index in [1.54, 1.807) is 0 Å². The predicted octanol–water partition coefficient (Wildman–Crippen LogP) is 14.3. The monoisotopic (exact) mass is 771 g/mol. The summed E-state index contributed by atoms with van der Waals surface area (Å²) in [5, 5.41) is 30.5. The number of hydrogen-bond acceptors (Lipinski definition) is 2. The minimum absolute atomic E-state index is 0.0191. The first-order valence-corrected chi connectivity index (χ1v) is 20.8. The van der Waals surface area contributed by atoms with Crippen molar-refractivity contribution in [3.05, 3.63) is 233 Å². The van der Waals surface area contributed by atoms with E-state index in [4.69, 9.17) is 0 Å². The van der Waals surface area contributed by atoms with Crippen LogP contribution in [0.5, 0.6) is 0 Å². The van der Waals surface area contributed by atoms with Crippen LogP contribution in [-0.2, 0) is 0 Å². The molecule has 280 valence electrons. The van der Waals surface area contributed by atoms with Crippen LogP contribution in [0, 0.1) is 22.7 Å². The van der Waals surface area contributed by atoms with E-state index in [9.17, 15) is 10.5 Å². The van der Waals surface area contributed by atoms with Crippen LogP contribution >= 0.6 is 0 Å². The molecule has 0 amide bonds. The molecular weight excluding hydrogens is 739 g/mol. The summed E-state index contributed by atoms with van der Waals surface area (Å²) in [7, 11) is 0. The van der Waals surface area contributed by atoms with Crippen LogP contribution in [0.3, 0.4) is 0 Å². The van der Waals surface area contributed by atoms with Gasteiger partial charge in [0, 0.05) is 28.3 Å². The van der Waals surface area contributed by atoms with E-state index in [1.165, 1.54) is 65.7 Å². The Morgan fingerprint density at radius 1 is 0.344 bits per heavy atom. The Labute approximate surface area is 352 Å². The molecule has 14 rings (SSSR count). The molecule has 2 bridgehead atoms. The van der Waals surface area contributed by atoms with Crippen molar-refractivity contribution in [3.63, 3.8) is 0 Å². The highest BCUT2D eigenvalue weighted by Gasteiger charge is 2.42. The van der Waals surface area contributed by atoms with Crippen molar-refractivity contribution >= 4 is 54.1 Å². The van der Waals surface area contributed by atoms with Crippen molar-refractivity contribution in [1.29, 1.82) is 10.5 Å². The van der Waals surface area contributed by atoms with Crippen LogP contribution in [0.25, 0.3) is 82.1 Å². The van der Waals surface area contributed by atoms with Gasteiger partial charge >= 0.3 is 0 Å². The summed E-state index contributed by atoms with van der Waals surface area (Å²) < 4.78 is 2.41. The maximum Gasteiger partial charge on any atom is 0.0998 e. The van der Waals surface area contributed by atoms with Crippen molar-refractivity contribution in [2.45, 2.75) is 11.8 Å². The molecule has 3 nitrogen and oxygen atoms in total. The summed E-state index contributed by atoms with van der Waals surface area (Å²) in [5.41, 5.74) is 16.3. The third kappa shape index (κ3) is 4.72. The third-order valence-electron chi connectivity index (χ3n) is 13.6. The molecule has 61 heavy (non-hydrogen) atoms. The van der Waals surface area contributed by atoms with Gasteiger partial charge in [-0.1, -0.05) is 127 Å². The maximum absolute atomic E-state index is 10.9. The fraction of sp³-hybridized carbons (Fsp3) is 0.0345. The fourth-order valence-electron chi connectivity index (χ4n) is 11.0. The highest BCUT2D eigenvalue weighted by Crippen LogP contribution is 2.57. The van der Waals surface area contributed by atoms with Gasteiger partial charge in [-0.3, -0.25) is 0 Å². The molecule has 10 aromatic carbocycles. The van der Waals surface area contributed by atoms with Gasteiger partial charge in [-0.05, 0) is 149 Å². The molecule has 11 aromatic rings. The number of benzene rings is 10. The Balaban J connectivity index is 1.05. The van der Waals surface area contributed by atoms with Gasteiger partial charge < -0.3 is 4.57 Å². The summed E-state index contributed by atoms with van der Waals surface area (Å²) in [6.07, 6.45) is 0. The van der Waals surface area contributed by atoms with E-state index in [-0.39, 0.29) is 11.8 Å². The summed E-state index contributed by atoms with van der Waals surface area (Å²) in [4.78, 5) is 0. The molecule has 3 aliphatic rings. The average molecular weight is 772 g/mol. The number of nitrogens with zero attached hydrogens (tertiary/aromatic N) is 3. The minimum atomic E-state index is -0.0328. The first-order chi connectivity index (χ1) is 30.2. The second-order valence-corrected chi connectivity index (χ2v) is 16.6. The van der Waals surface area contributed by atoms with Crippen LogP contribution in [-0.4, -0.2) is 4.57 Å². The smallest absolute Gasteiger partial charge is 0.0998 e. The van der Waals surface area contributed by atoms with Crippen molar-refractivity contribution < 1.29 is 0 Å². The molecule has 0 aliphatic heterocycles. The second kappa shape index (κ2) is 12.6. The number of fused-ring (bicyclic) bond motifs is 9. The predicted molar refractivity (Wildman–Crippen MR) is 248 cm³/mol. The molecule has 0 saturated heterocycles. The van der Waals surface area contributed by atoms with Gasteiger partial charge in [-0.2, -0.15) is 10.5 Å². The second-order valence-electron chi connectivity index (χ2n) is 16.6. The lowest BCUT2D eigenvalue weighted by molar-refractivity contribution is 0.754. The molecular formula is C58H33N3. The van der Waals surface area contributed by atoms with Crippen LogP contribution < -0.4 is 0 Å². The first kappa shape index (κ1) is 33.7. The van der Waals surface area contributed by atoms with Crippen LogP contribution in [0.4, 0.5) is 0 Å². The Morgan fingerprint density at radius 3 is 1.56 bits per heavy atom. The van der Waals surface area contributed by atoms with Gasteiger partial charge in [-0.15, -0.1) is 0 Å². The van der Waals surface area contributed by atoms with Gasteiger partial charge in [0.15, 0.2) is 0 Å². The summed E-state index contributed by atoms with van der Waals surface area (Å²) >= 11 is 0. The zero-order valence-corrected chi connectivity index (χ0v) is 32.9. The van der Waals surface area contributed by atoms with Crippen LogP contribution in [0.2, 0.25) is 0 Å². The Hall–Kier alpha value is -8.24. The standard InChI is InChI=1S/C58H33N3/c59-32-34-18-22-47-52(26-34)58-46-17-9-8-16-45(46)57(47)54-31-48(38(33-60)29-53(54)58)37-20-25-56-51(28-37)50-27-36(35-10-2-1-3-11-35)19-24-55(50)61(56)39-21-23-44-42-14-5-4-12-40(42)41-13-6-7-15-43(41)49(44)30-39/h1-31,57-58H. The number of aromatic nitrogens is 1. The van der Waals surface area contributed by atoms with E-state index >= 15 is 0 Å². The zero-order chi connectivity index (χ0) is 40.3. The molecule has 2 atom stereocenters. The number of nitriles is 2. The molecule has 0 saturated carbocycles. The lowest BCUT2D eigenvalue weighted by Gasteiger charge is -2.42. The maximum atomic E-state index is 10.9. The molecule has 2 unspecified atom stereocenters. The summed E-state index contributed by atoms with van der Waals surface area (Å²) in [5.74, 6) is -0.0137. The first-order valence-electron chi connectivity index (χ1n) is 20.8. The number of hydrogen-bond donors (Lipinski definition) is 0. The number of rotatable bonds is 3. The normalized spacial score (nSPS) is 14.9. The van der Waals surface area contributed by atoms with Crippen molar-refractivity contribution in [3.8, 4) is 40.1 Å². The molecule has 1 heterocycles. The molecule has 0 spiro atoms. The minimum Gasteiger partial charge on any atom is -0.309 e. The topological polar surface area (TPSA) is 52.5 Å². The van der Waals surface area contributed by atoms with E-state index < -0.39 is 0 Å². The van der Waals surface area contributed by atoms with Crippen LogP contribution in [0.1, 0.15) is 56.3 Å². The zero-order valence-electron chi connectivity index (χ0n) is 32.9. The SMILES string of the molecule is N#Cc1ccc2c(c1)C1c3ccccc3C2c2cc(-c3ccc4c(c3)c3cc(-c5ccccc5)ccc3n4-c3ccc4c5ccccc5c5ccccc5c4c3)c(C#N)cc21. The Kier molecular flexibility index (Phi) is 6.98. The summed E-state index contributed by atoms with van der Waals surface area (Å²) in [6, 6.07) is 72.8. The molecule has 1 aromatic heterocycles. The Morgan fingerprint density at radius 2 is 0.885 bits per heavy atom. The summed E-state index contributed by atoms with van der Waals surface area (Å²) in [6.45, 7) is 0. The van der Waals surface area contributed by atoms with E-state index in [2.05, 4.69) is 199 Å². The van der Waals surface area contributed by atoms with Gasteiger partial charge in [0.05, 0.1) is 34.3 Å². The Bertz CT molecular complexity index is 3770. The van der Waals surface area contributed by atoms with Gasteiger partial charge in [-0.25, -0.2) is 0 Å². The van der Waals surface area contributed by atoms with Crippen molar-refractivity contribution in [2.24, 2.45) is 0 Å². The molecule has 0 N–H and O–H groups in total. The highest BCUT2D eigenvalue weighted by molar-refractivity contribution is 6.25. The van der Waals surface area contributed by atoms with E-state index in [0.717, 1.165) is 49.7 Å². The quantitative estimate of drug-likeness (QED) is 0.168. The highest BCUT2D eigenvalue weighted by atomic mass is 15.0. The van der Waals surface area contributed by atoms with E-state index in [0.29, 0.717) is 11.1 Å². The molecule has 3 aliphatic carbocycles. The lowest BCUT2D eigenvalue weighted by atomic mass is 9.60. The van der Waals surface area contributed by atoms with E-state index in [1.807, 2.05) is 6.07 Å². The molecule has 0 radical (unpaired) electrons. The van der Waals surface area contributed by atoms with Crippen molar-refractivity contribution in [1.82, 2.24) is 4.57 Å². The van der Waals surface area contributed by atoms with Crippen molar-refractivity contribution in [2.75, 3.05) is 0 Å². The van der Waals surface area contributed by atoms with Gasteiger partial charge in [0.1, 0.15) is 0 Å². The van der Waals surface area contributed by atoms with Crippen LogP contribution in [0.15, 0.2) is 188 Å². The molecule has 3 heteroatoms. The lowest BCUT2D eigenvalue weighted by Crippen LogP contribution is -2.27. The third-order valence-corrected chi connectivity index (χ3v) is 13.6. The largest absolute Gasteiger partial charge is 0.309 e. The fourth-order valence-corrected chi connectivity index (χ4v) is 11.0.